The minimum Gasteiger partial charge on any atom is -0.508 e. The van der Waals surface area contributed by atoms with Gasteiger partial charge in [0, 0.05) is 49.4 Å². The summed E-state index contributed by atoms with van der Waals surface area (Å²) < 4.78 is 24.1. The molecule has 1 aromatic heterocycles. The zero-order chi connectivity index (χ0) is 16.9. The smallest absolute Gasteiger partial charge is 0.153 e. The summed E-state index contributed by atoms with van der Waals surface area (Å²) >= 11 is 0. The van der Waals surface area contributed by atoms with E-state index in [0.717, 1.165) is 29.6 Å². The van der Waals surface area contributed by atoms with Crippen molar-refractivity contribution in [2.24, 2.45) is 0 Å². The highest BCUT2D eigenvalue weighted by atomic mass is 32.2. The number of nitrogens with zero attached hydrogens (tertiary/aromatic N) is 3. The van der Waals surface area contributed by atoms with Crippen LogP contribution in [0.25, 0.3) is 10.9 Å². The summed E-state index contributed by atoms with van der Waals surface area (Å²) in [5.41, 5.74) is 1.83. The van der Waals surface area contributed by atoms with Crippen molar-refractivity contribution >= 4 is 20.7 Å². The van der Waals surface area contributed by atoms with Gasteiger partial charge in [0.2, 0.25) is 0 Å². The van der Waals surface area contributed by atoms with Crippen LogP contribution in [-0.2, 0) is 16.4 Å². The lowest BCUT2D eigenvalue weighted by Crippen LogP contribution is -2.57. The Kier molecular flexibility index (Phi) is 3.74. The second-order valence-electron chi connectivity index (χ2n) is 6.88. The van der Waals surface area contributed by atoms with Gasteiger partial charge in [0.1, 0.15) is 5.75 Å². The summed E-state index contributed by atoms with van der Waals surface area (Å²) in [5.74, 6) is 0.720. The highest BCUT2D eigenvalue weighted by Crippen LogP contribution is 2.28. The maximum atomic E-state index is 12.1. The normalized spacial score (nSPS) is 27.4. The summed E-state index contributed by atoms with van der Waals surface area (Å²) in [7, 11) is -0.939. The predicted octanol–water partition coefficient (Wildman–Crippen LogP) is 0.853. The van der Waals surface area contributed by atoms with Gasteiger partial charge >= 0.3 is 0 Å². The van der Waals surface area contributed by atoms with Gasteiger partial charge in [-0.05, 0) is 30.8 Å². The Hall–Kier alpha value is -1.70. The molecule has 7 heteroatoms. The molecule has 0 radical (unpaired) electrons. The number of pyridine rings is 1. The number of hydrogen-bond acceptors (Lipinski definition) is 6. The van der Waals surface area contributed by atoms with E-state index in [0.29, 0.717) is 6.54 Å². The van der Waals surface area contributed by atoms with Crippen molar-refractivity contribution in [1.82, 2.24) is 14.8 Å². The lowest BCUT2D eigenvalue weighted by Gasteiger charge is -2.42. The first-order valence-corrected chi connectivity index (χ1v) is 9.96. The highest BCUT2D eigenvalue weighted by molar-refractivity contribution is 7.91. The number of hydrogen-bond donors (Lipinski definition) is 1. The van der Waals surface area contributed by atoms with Gasteiger partial charge < -0.3 is 5.11 Å². The van der Waals surface area contributed by atoms with Gasteiger partial charge in [-0.2, -0.15) is 0 Å². The number of phenols is 1. The van der Waals surface area contributed by atoms with Crippen molar-refractivity contribution in [3.05, 3.63) is 36.0 Å². The SMILES string of the molecule is CN1CCN(Cc2cnc3cc(O)ccc3c2)[C@@H]2CS(=O)(=O)C[C@@H]21. The molecule has 2 aromatic rings. The Balaban J connectivity index is 1.59. The molecule has 2 aliphatic heterocycles. The lowest BCUT2D eigenvalue weighted by molar-refractivity contribution is 0.0572. The molecule has 2 aliphatic rings. The molecule has 2 fully saturated rings. The molecule has 24 heavy (non-hydrogen) atoms. The maximum Gasteiger partial charge on any atom is 0.153 e. The predicted molar refractivity (Wildman–Crippen MR) is 92.7 cm³/mol. The molecule has 2 saturated heterocycles. The van der Waals surface area contributed by atoms with E-state index < -0.39 is 9.84 Å². The standard InChI is InChI=1S/C17H21N3O3S/c1-19-4-5-20(17-11-24(22,23)10-16(17)19)9-12-6-13-2-3-14(21)7-15(13)18-8-12/h2-3,6-8,16-17,21H,4-5,9-11H2,1H3/t16-,17+/m0/s1. The fourth-order valence-electron chi connectivity index (χ4n) is 3.87. The number of benzene rings is 1. The first kappa shape index (κ1) is 15.8. The van der Waals surface area contributed by atoms with Crippen LogP contribution in [0, 0.1) is 0 Å². The Bertz CT molecular complexity index is 884. The molecule has 0 unspecified atom stereocenters. The fourth-order valence-corrected chi connectivity index (χ4v) is 5.96. The Morgan fingerprint density at radius 3 is 2.83 bits per heavy atom. The van der Waals surface area contributed by atoms with Crippen LogP contribution in [0.5, 0.6) is 5.75 Å². The topological polar surface area (TPSA) is 73.7 Å². The first-order valence-electron chi connectivity index (χ1n) is 8.14. The van der Waals surface area contributed by atoms with Gasteiger partial charge in [-0.1, -0.05) is 0 Å². The molecule has 3 heterocycles. The second-order valence-corrected chi connectivity index (χ2v) is 9.04. The second kappa shape index (κ2) is 5.68. The van der Waals surface area contributed by atoms with Crippen LogP contribution in [-0.4, -0.2) is 72.0 Å². The van der Waals surface area contributed by atoms with Crippen LogP contribution in [0.4, 0.5) is 0 Å². The van der Waals surface area contributed by atoms with Gasteiger partial charge in [-0.3, -0.25) is 14.8 Å². The quantitative estimate of drug-likeness (QED) is 0.868. The van der Waals surface area contributed by atoms with Crippen LogP contribution < -0.4 is 0 Å². The number of piperazine rings is 1. The number of likely N-dealkylation sites (N-methyl/N-ethyl adjacent to an activating group) is 1. The van der Waals surface area contributed by atoms with Gasteiger partial charge in [-0.15, -0.1) is 0 Å². The molecular weight excluding hydrogens is 326 g/mol. The molecule has 4 rings (SSSR count). The minimum absolute atomic E-state index is 0.0595. The third-order valence-electron chi connectivity index (χ3n) is 5.18. The van der Waals surface area contributed by atoms with E-state index in [9.17, 15) is 13.5 Å². The minimum atomic E-state index is -2.95. The van der Waals surface area contributed by atoms with E-state index in [2.05, 4.69) is 20.9 Å². The number of sulfone groups is 1. The largest absolute Gasteiger partial charge is 0.508 e. The van der Waals surface area contributed by atoms with Crippen molar-refractivity contribution in [1.29, 1.82) is 0 Å². The summed E-state index contributed by atoms with van der Waals surface area (Å²) in [5, 5.41) is 10.5. The number of rotatable bonds is 2. The van der Waals surface area contributed by atoms with Crippen LogP contribution in [0.15, 0.2) is 30.5 Å². The van der Waals surface area contributed by atoms with Crippen molar-refractivity contribution in [3.63, 3.8) is 0 Å². The zero-order valence-corrected chi connectivity index (χ0v) is 14.4. The molecule has 0 bridgehead atoms. The molecule has 0 amide bonds. The molecule has 128 valence electrons. The fraction of sp³-hybridized carbons (Fsp3) is 0.471. The Morgan fingerprint density at radius 2 is 2.00 bits per heavy atom. The summed E-state index contributed by atoms with van der Waals surface area (Å²) in [6, 6.07) is 7.38. The number of phenolic OH excluding ortho intramolecular Hbond substituents is 1. The molecule has 0 spiro atoms. The number of aromatic nitrogens is 1. The van der Waals surface area contributed by atoms with E-state index in [1.54, 1.807) is 12.1 Å². The van der Waals surface area contributed by atoms with Gasteiger partial charge in [0.05, 0.1) is 17.0 Å². The van der Waals surface area contributed by atoms with E-state index in [1.807, 2.05) is 19.3 Å². The third kappa shape index (κ3) is 2.87. The number of fused-ring (bicyclic) bond motifs is 2. The Labute approximate surface area is 141 Å². The average Bonchev–Trinajstić information content (AvgIpc) is 2.87. The van der Waals surface area contributed by atoms with E-state index in [1.165, 1.54) is 0 Å². The van der Waals surface area contributed by atoms with Crippen molar-refractivity contribution in [2.75, 3.05) is 31.6 Å². The van der Waals surface area contributed by atoms with Crippen LogP contribution in [0.2, 0.25) is 0 Å². The van der Waals surface area contributed by atoms with Gasteiger partial charge in [0.25, 0.3) is 0 Å². The molecule has 2 atom stereocenters. The van der Waals surface area contributed by atoms with Crippen LogP contribution in [0.3, 0.4) is 0 Å². The molecule has 1 aromatic carbocycles. The summed E-state index contributed by atoms with van der Waals surface area (Å²) in [6.45, 7) is 2.45. The Morgan fingerprint density at radius 1 is 1.21 bits per heavy atom. The van der Waals surface area contributed by atoms with Crippen LogP contribution >= 0.6 is 0 Å². The summed E-state index contributed by atoms with van der Waals surface area (Å²) in [4.78, 5) is 8.87. The van der Waals surface area contributed by atoms with E-state index >= 15 is 0 Å². The molecule has 0 aliphatic carbocycles. The van der Waals surface area contributed by atoms with Crippen molar-refractivity contribution in [3.8, 4) is 5.75 Å². The zero-order valence-electron chi connectivity index (χ0n) is 13.6. The van der Waals surface area contributed by atoms with Crippen molar-refractivity contribution in [2.45, 2.75) is 18.6 Å². The third-order valence-corrected chi connectivity index (χ3v) is 6.88. The molecular formula is C17H21N3O3S. The molecule has 0 saturated carbocycles. The summed E-state index contributed by atoms with van der Waals surface area (Å²) in [6.07, 6.45) is 1.82. The molecule has 1 N–H and O–H groups in total. The van der Waals surface area contributed by atoms with Crippen molar-refractivity contribution < 1.29 is 13.5 Å². The first-order chi connectivity index (χ1) is 11.4. The highest BCUT2D eigenvalue weighted by Gasteiger charge is 2.45. The van der Waals surface area contributed by atoms with Gasteiger partial charge in [-0.25, -0.2) is 8.42 Å². The lowest BCUT2D eigenvalue weighted by atomic mass is 10.0. The number of aromatic hydroxyl groups is 1. The monoisotopic (exact) mass is 347 g/mol. The van der Waals surface area contributed by atoms with Gasteiger partial charge in [0.15, 0.2) is 9.84 Å². The average molecular weight is 347 g/mol. The molecule has 6 nitrogen and oxygen atoms in total. The maximum absolute atomic E-state index is 12.1. The van der Waals surface area contributed by atoms with E-state index in [-0.39, 0.29) is 29.3 Å². The van der Waals surface area contributed by atoms with Crippen LogP contribution in [0.1, 0.15) is 5.56 Å². The van der Waals surface area contributed by atoms with E-state index in [4.69, 9.17) is 0 Å².